The number of rotatable bonds is 5. The van der Waals surface area contributed by atoms with Gasteiger partial charge in [-0.25, -0.2) is 15.0 Å². The molecule has 11 rings (SSSR count). The highest BCUT2D eigenvalue weighted by atomic mass is 15.1. The number of hydrogen-bond donors (Lipinski definition) is 0. The Morgan fingerprint density at radius 1 is 0.333 bits per heavy atom. The summed E-state index contributed by atoms with van der Waals surface area (Å²) in [6.45, 7) is 0. The molecule has 11 aromatic rings. The van der Waals surface area contributed by atoms with Crippen molar-refractivity contribution < 1.29 is 0 Å². The minimum Gasteiger partial charge on any atom is -0.309 e. The molecule has 0 N–H and O–H groups in total. The summed E-state index contributed by atoms with van der Waals surface area (Å²) in [5.41, 5.74) is 13.3. The fraction of sp³-hybridized carbons (Fsp3) is 0. The van der Waals surface area contributed by atoms with Gasteiger partial charge in [0, 0.05) is 50.1 Å². The predicted octanol–water partition coefficient (Wildman–Crippen LogP) is 12.2. The van der Waals surface area contributed by atoms with Gasteiger partial charge in [0.15, 0.2) is 0 Å². The van der Waals surface area contributed by atoms with Crippen LogP contribution < -0.4 is 0 Å². The first kappa shape index (κ1) is 30.3. The Labute approximate surface area is 311 Å². The van der Waals surface area contributed by atoms with Gasteiger partial charge in [-0.15, -0.1) is 0 Å². The molecule has 0 aliphatic rings. The molecule has 0 aliphatic carbocycles. The van der Waals surface area contributed by atoms with Crippen molar-refractivity contribution >= 4 is 54.6 Å². The molecule has 0 saturated heterocycles. The van der Waals surface area contributed by atoms with E-state index in [1.807, 2.05) is 42.6 Å². The van der Waals surface area contributed by atoms with E-state index in [2.05, 4.69) is 155 Å². The fourth-order valence-corrected chi connectivity index (χ4v) is 8.05. The van der Waals surface area contributed by atoms with Gasteiger partial charge in [-0.1, -0.05) is 121 Å². The van der Waals surface area contributed by atoms with Gasteiger partial charge in [-0.2, -0.15) is 0 Å². The van der Waals surface area contributed by atoms with Crippen LogP contribution in [0.5, 0.6) is 0 Å². The summed E-state index contributed by atoms with van der Waals surface area (Å²) in [5, 5.41) is 4.88. The number of hydrogen-bond acceptors (Lipinski definition) is 3. The van der Waals surface area contributed by atoms with Crippen molar-refractivity contribution in [2.24, 2.45) is 0 Å². The molecule has 54 heavy (non-hydrogen) atoms. The largest absolute Gasteiger partial charge is 0.309 e. The molecule has 4 heterocycles. The fourth-order valence-electron chi connectivity index (χ4n) is 8.05. The average Bonchev–Trinajstić information content (AvgIpc) is 3.75. The Balaban J connectivity index is 1.06. The van der Waals surface area contributed by atoms with Crippen molar-refractivity contribution in [1.29, 1.82) is 0 Å². The van der Waals surface area contributed by atoms with Crippen LogP contribution in [-0.2, 0) is 0 Å². The van der Waals surface area contributed by atoms with Crippen LogP contribution in [0.4, 0.5) is 0 Å². The van der Waals surface area contributed by atoms with Crippen molar-refractivity contribution in [2.75, 3.05) is 0 Å². The van der Waals surface area contributed by atoms with Crippen LogP contribution in [-0.4, -0.2) is 24.1 Å². The summed E-state index contributed by atoms with van der Waals surface area (Å²) in [4.78, 5) is 15.5. The minimum absolute atomic E-state index is 0.843. The van der Waals surface area contributed by atoms with Gasteiger partial charge < -0.3 is 4.57 Å². The van der Waals surface area contributed by atoms with Gasteiger partial charge in [0.05, 0.1) is 44.5 Å². The lowest BCUT2D eigenvalue weighted by atomic mass is 10.0. The van der Waals surface area contributed by atoms with Crippen LogP contribution in [0, 0.1) is 0 Å². The highest BCUT2D eigenvalue weighted by molar-refractivity contribution is 6.19. The maximum absolute atomic E-state index is 5.21. The molecule has 0 amide bonds. The monoisotopic (exact) mass is 689 g/mol. The second-order valence-electron chi connectivity index (χ2n) is 13.7. The van der Waals surface area contributed by atoms with Crippen LogP contribution in [0.3, 0.4) is 0 Å². The summed E-state index contributed by atoms with van der Waals surface area (Å²) < 4.78 is 4.67. The van der Waals surface area contributed by atoms with E-state index < -0.39 is 0 Å². The summed E-state index contributed by atoms with van der Waals surface area (Å²) in [5.74, 6) is 0.867. The van der Waals surface area contributed by atoms with Crippen molar-refractivity contribution in [3.05, 3.63) is 188 Å². The molecule has 4 aromatic heterocycles. The van der Waals surface area contributed by atoms with E-state index >= 15 is 0 Å². The number of para-hydroxylation sites is 3. The standard InChI is InChI=1S/C49H31N5/c1-4-14-32(15-5-1)48-49(33-16-6-2-7-17-33)52-42-28-34(24-26-41(42)51-48)35-25-27-47(50-31-35)54-44-23-13-11-21-38(44)40-29-39-37-20-10-12-22-43(37)53(45(39)30-46(40)54)36-18-8-3-9-19-36/h1-31H. The topological polar surface area (TPSA) is 48.5 Å². The van der Waals surface area contributed by atoms with E-state index in [0.29, 0.717) is 0 Å². The molecule has 5 heteroatoms. The number of nitrogens with zero attached hydrogens (tertiary/aromatic N) is 5. The van der Waals surface area contributed by atoms with Crippen LogP contribution in [0.1, 0.15) is 0 Å². The first-order valence-electron chi connectivity index (χ1n) is 18.2. The first-order chi connectivity index (χ1) is 26.8. The number of benzene rings is 7. The number of pyridine rings is 1. The molecule has 0 unspecified atom stereocenters. The van der Waals surface area contributed by atoms with Crippen molar-refractivity contribution in [1.82, 2.24) is 24.1 Å². The Kier molecular flexibility index (Phi) is 6.79. The first-order valence-corrected chi connectivity index (χ1v) is 18.2. The van der Waals surface area contributed by atoms with E-state index in [1.54, 1.807) is 0 Å². The maximum Gasteiger partial charge on any atom is 0.137 e. The second-order valence-corrected chi connectivity index (χ2v) is 13.7. The molecule has 5 nitrogen and oxygen atoms in total. The molecular formula is C49H31N5. The van der Waals surface area contributed by atoms with Gasteiger partial charge in [0.1, 0.15) is 5.82 Å². The van der Waals surface area contributed by atoms with Gasteiger partial charge in [0.2, 0.25) is 0 Å². The second kappa shape index (κ2) is 12.1. The molecule has 252 valence electrons. The molecule has 0 aliphatic heterocycles. The van der Waals surface area contributed by atoms with Gasteiger partial charge in [-0.3, -0.25) is 4.57 Å². The third-order valence-electron chi connectivity index (χ3n) is 10.5. The molecule has 0 saturated carbocycles. The predicted molar refractivity (Wildman–Crippen MR) is 222 cm³/mol. The Hall–Kier alpha value is -7.37. The third-order valence-corrected chi connectivity index (χ3v) is 10.5. The van der Waals surface area contributed by atoms with E-state index in [9.17, 15) is 0 Å². The zero-order valence-electron chi connectivity index (χ0n) is 29.1. The van der Waals surface area contributed by atoms with Crippen LogP contribution in [0.25, 0.3) is 99.8 Å². The van der Waals surface area contributed by atoms with Crippen LogP contribution in [0.2, 0.25) is 0 Å². The van der Waals surface area contributed by atoms with Crippen molar-refractivity contribution in [2.45, 2.75) is 0 Å². The van der Waals surface area contributed by atoms with E-state index in [-0.39, 0.29) is 0 Å². The van der Waals surface area contributed by atoms with Crippen molar-refractivity contribution in [3.8, 4) is 45.1 Å². The molecular weight excluding hydrogens is 659 g/mol. The zero-order chi connectivity index (χ0) is 35.6. The lowest BCUT2D eigenvalue weighted by molar-refractivity contribution is 1.08. The molecule has 0 bridgehead atoms. The van der Waals surface area contributed by atoms with E-state index in [4.69, 9.17) is 15.0 Å². The maximum atomic E-state index is 5.21. The zero-order valence-corrected chi connectivity index (χ0v) is 29.1. The Morgan fingerprint density at radius 3 is 1.50 bits per heavy atom. The Morgan fingerprint density at radius 2 is 0.870 bits per heavy atom. The number of fused-ring (bicyclic) bond motifs is 7. The van der Waals surface area contributed by atoms with Gasteiger partial charge in [-0.05, 0) is 66.2 Å². The molecule has 0 fully saturated rings. The summed E-state index contributed by atoms with van der Waals surface area (Å²) in [6, 6.07) is 63.8. The Bertz CT molecular complexity index is 3180. The number of aromatic nitrogens is 5. The smallest absolute Gasteiger partial charge is 0.137 e. The van der Waals surface area contributed by atoms with E-state index in [0.717, 1.165) is 72.7 Å². The summed E-state index contributed by atoms with van der Waals surface area (Å²) in [7, 11) is 0. The van der Waals surface area contributed by atoms with Gasteiger partial charge >= 0.3 is 0 Å². The summed E-state index contributed by atoms with van der Waals surface area (Å²) in [6.07, 6.45) is 1.97. The molecule has 0 spiro atoms. The SMILES string of the molecule is c1ccc(-c2nc3ccc(-c4ccc(-n5c6ccccc6c6cc7c8ccccc8n(-c8ccccc8)c7cc65)nc4)cc3nc2-c2ccccc2)cc1. The normalized spacial score (nSPS) is 11.7. The molecule has 0 atom stereocenters. The van der Waals surface area contributed by atoms with Crippen molar-refractivity contribution in [3.63, 3.8) is 0 Å². The molecule has 7 aromatic carbocycles. The van der Waals surface area contributed by atoms with Crippen LogP contribution in [0.15, 0.2) is 188 Å². The van der Waals surface area contributed by atoms with Gasteiger partial charge in [0.25, 0.3) is 0 Å². The summed E-state index contributed by atoms with van der Waals surface area (Å²) >= 11 is 0. The highest BCUT2D eigenvalue weighted by Crippen LogP contribution is 2.40. The third kappa shape index (κ3) is 4.76. The highest BCUT2D eigenvalue weighted by Gasteiger charge is 2.19. The van der Waals surface area contributed by atoms with Crippen LogP contribution >= 0.6 is 0 Å². The minimum atomic E-state index is 0.843. The van der Waals surface area contributed by atoms with E-state index in [1.165, 1.54) is 27.1 Å². The quantitative estimate of drug-likeness (QED) is 0.181. The molecule has 0 radical (unpaired) electrons. The lowest BCUT2D eigenvalue weighted by Crippen LogP contribution is -1.98. The lowest BCUT2D eigenvalue weighted by Gasteiger charge is -2.12. The average molecular weight is 690 g/mol.